The SMILES string of the molecule is CC(c1cccnc1)N1CCN(c2cccc(F)c2C#N)CC1. The molecule has 1 aliphatic heterocycles. The zero-order valence-corrected chi connectivity index (χ0v) is 13.1. The molecule has 1 aromatic carbocycles. The lowest BCUT2D eigenvalue weighted by molar-refractivity contribution is 0.198. The van der Waals surface area contributed by atoms with E-state index >= 15 is 0 Å². The molecule has 1 fully saturated rings. The zero-order valence-electron chi connectivity index (χ0n) is 13.1. The van der Waals surface area contributed by atoms with Gasteiger partial charge in [-0.2, -0.15) is 5.26 Å². The van der Waals surface area contributed by atoms with Crippen LogP contribution in [0.25, 0.3) is 0 Å². The van der Waals surface area contributed by atoms with Gasteiger partial charge in [0.15, 0.2) is 0 Å². The molecule has 2 heterocycles. The quantitative estimate of drug-likeness (QED) is 0.874. The molecule has 5 heteroatoms. The van der Waals surface area contributed by atoms with Crippen LogP contribution in [0.4, 0.5) is 10.1 Å². The first-order chi connectivity index (χ1) is 11.2. The number of aromatic nitrogens is 1. The maximum Gasteiger partial charge on any atom is 0.143 e. The number of nitrogens with zero attached hydrogens (tertiary/aromatic N) is 4. The van der Waals surface area contributed by atoms with E-state index in [1.807, 2.05) is 24.4 Å². The van der Waals surface area contributed by atoms with Crippen molar-refractivity contribution >= 4 is 5.69 Å². The van der Waals surface area contributed by atoms with Crippen LogP contribution in [0.2, 0.25) is 0 Å². The van der Waals surface area contributed by atoms with Crippen molar-refractivity contribution in [1.29, 1.82) is 5.26 Å². The summed E-state index contributed by atoms with van der Waals surface area (Å²) < 4.78 is 13.8. The summed E-state index contributed by atoms with van der Waals surface area (Å²) in [4.78, 5) is 8.66. The van der Waals surface area contributed by atoms with Crippen LogP contribution >= 0.6 is 0 Å². The van der Waals surface area contributed by atoms with Crippen LogP contribution in [-0.2, 0) is 0 Å². The summed E-state index contributed by atoms with van der Waals surface area (Å²) in [6, 6.07) is 11.1. The molecule has 0 saturated carbocycles. The molecule has 3 rings (SSSR count). The van der Waals surface area contributed by atoms with Crippen molar-refractivity contribution in [2.75, 3.05) is 31.1 Å². The van der Waals surface area contributed by atoms with Crippen LogP contribution in [0.1, 0.15) is 24.1 Å². The van der Waals surface area contributed by atoms with Crippen molar-refractivity contribution < 1.29 is 4.39 Å². The molecule has 23 heavy (non-hydrogen) atoms. The molecule has 0 aliphatic carbocycles. The van der Waals surface area contributed by atoms with Gasteiger partial charge in [0.2, 0.25) is 0 Å². The maximum atomic E-state index is 13.8. The lowest BCUT2D eigenvalue weighted by atomic mass is 10.1. The molecule has 1 aromatic heterocycles. The van der Waals surface area contributed by atoms with Crippen LogP contribution in [0.3, 0.4) is 0 Å². The van der Waals surface area contributed by atoms with Crippen molar-refractivity contribution in [2.24, 2.45) is 0 Å². The summed E-state index contributed by atoms with van der Waals surface area (Å²) in [7, 11) is 0. The van der Waals surface area contributed by atoms with Gasteiger partial charge in [-0.25, -0.2) is 4.39 Å². The van der Waals surface area contributed by atoms with E-state index < -0.39 is 5.82 Å². The summed E-state index contributed by atoms with van der Waals surface area (Å²) in [5, 5.41) is 9.18. The molecule has 1 aliphatic rings. The minimum Gasteiger partial charge on any atom is -0.368 e. The normalized spacial score (nSPS) is 16.8. The Morgan fingerprint density at radius 3 is 2.61 bits per heavy atom. The fraction of sp³-hybridized carbons (Fsp3) is 0.333. The Bertz CT molecular complexity index is 703. The Hall–Kier alpha value is -2.45. The molecule has 0 amide bonds. The molecule has 1 atom stereocenters. The van der Waals surface area contributed by atoms with Gasteiger partial charge in [-0.1, -0.05) is 12.1 Å². The first kappa shape index (κ1) is 15.4. The van der Waals surface area contributed by atoms with E-state index in [1.165, 1.54) is 11.6 Å². The Morgan fingerprint density at radius 1 is 1.17 bits per heavy atom. The van der Waals surface area contributed by atoms with Crippen LogP contribution < -0.4 is 4.90 Å². The van der Waals surface area contributed by atoms with Gasteiger partial charge in [-0.05, 0) is 30.7 Å². The van der Waals surface area contributed by atoms with Crippen molar-refractivity contribution in [1.82, 2.24) is 9.88 Å². The van der Waals surface area contributed by atoms with E-state index in [2.05, 4.69) is 27.8 Å². The highest BCUT2D eigenvalue weighted by atomic mass is 19.1. The molecule has 0 N–H and O–H groups in total. The molecule has 1 unspecified atom stereocenters. The van der Waals surface area contributed by atoms with Gasteiger partial charge < -0.3 is 4.90 Å². The Kier molecular flexibility index (Phi) is 4.54. The van der Waals surface area contributed by atoms with Crippen LogP contribution in [0.5, 0.6) is 0 Å². The fourth-order valence-corrected chi connectivity index (χ4v) is 3.07. The average molecular weight is 310 g/mol. The second-order valence-electron chi connectivity index (χ2n) is 5.73. The predicted molar refractivity (Wildman–Crippen MR) is 87.6 cm³/mol. The minimum absolute atomic E-state index is 0.140. The summed E-state index contributed by atoms with van der Waals surface area (Å²) in [6.07, 6.45) is 3.68. The number of halogens is 1. The monoisotopic (exact) mass is 310 g/mol. The fourth-order valence-electron chi connectivity index (χ4n) is 3.07. The highest BCUT2D eigenvalue weighted by molar-refractivity contribution is 5.60. The van der Waals surface area contributed by atoms with E-state index in [0.717, 1.165) is 26.2 Å². The minimum atomic E-state index is -0.448. The van der Waals surface area contributed by atoms with Gasteiger partial charge in [0.25, 0.3) is 0 Å². The lowest BCUT2D eigenvalue weighted by Gasteiger charge is -2.39. The molecule has 4 nitrogen and oxygen atoms in total. The van der Waals surface area contributed by atoms with Gasteiger partial charge >= 0.3 is 0 Å². The van der Waals surface area contributed by atoms with E-state index in [-0.39, 0.29) is 5.56 Å². The third kappa shape index (κ3) is 3.17. The summed E-state index contributed by atoms with van der Waals surface area (Å²) >= 11 is 0. The zero-order chi connectivity index (χ0) is 16.2. The Morgan fingerprint density at radius 2 is 1.96 bits per heavy atom. The highest BCUT2D eigenvalue weighted by Gasteiger charge is 2.24. The number of nitriles is 1. The number of anilines is 1. The van der Waals surface area contributed by atoms with E-state index in [9.17, 15) is 9.65 Å². The van der Waals surface area contributed by atoms with Gasteiger partial charge in [-0.15, -0.1) is 0 Å². The number of piperazine rings is 1. The highest BCUT2D eigenvalue weighted by Crippen LogP contribution is 2.26. The van der Waals surface area contributed by atoms with E-state index in [0.29, 0.717) is 11.7 Å². The first-order valence-electron chi connectivity index (χ1n) is 7.78. The van der Waals surface area contributed by atoms with Gasteiger partial charge in [0.05, 0.1) is 5.69 Å². The van der Waals surface area contributed by atoms with Crippen molar-refractivity contribution in [3.63, 3.8) is 0 Å². The molecule has 2 aromatic rings. The van der Waals surface area contributed by atoms with Crippen molar-refractivity contribution in [2.45, 2.75) is 13.0 Å². The number of rotatable bonds is 3. The largest absolute Gasteiger partial charge is 0.368 e. The summed E-state index contributed by atoms with van der Waals surface area (Å²) in [5.74, 6) is -0.448. The number of hydrogen-bond donors (Lipinski definition) is 0. The molecule has 0 spiro atoms. The van der Waals surface area contributed by atoms with E-state index in [4.69, 9.17) is 0 Å². The number of hydrogen-bond acceptors (Lipinski definition) is 4. The molecule has 1 saturated heterocycles. The smallest absolute Gasteiger partial charge is 0.143 e. The van der Waals surface area contributed by atoms with Crippen LogP contribution in [-0.4, -0.2) is 36.1 Å². The summed E-state index contributed by atoms with van der Waals surface area (Å²) in [6.45, 7) is 5.48. The van der Waals surface area contributed by atoms with Crippen molar-refractivity contribution in [3.8, 4) is 6.07 Å². The molecular formula is C18H19FN4. The molecular weight excluding hydrogens is 291 g/mol. The molecule has 118 valence electrons. The first-order valence-corrected chi connectivity index (χ1v) is 7.78. The topological polar surface area (TPSA) is 43.2 Å². The lowest BCUT2D eigenvalue weighted by Crippen LogP contribution is -2.47. The van der Waals surface area contributed by atoms with Gasteiger partial charge in [0, 0.05) is 44.6 Å². The van der Waals surface area contributed by atoms with Crippen LogP contribution in [0.15, 0.2) is 42.7 Å². The third-order valence-electron chi connectivity index (χ3n) is 4.47. The maximum absolute atomic E-state index is 13.8. The second kappa shape index (κ2) is 6.76. The predicted octanol–water partition coefficient (Wildman–Crippen LogP) is 2.98. The average Bonchev–Trinajstić information content (AvgIpc) is 2.62. The number of pyridine rings is 1. The van der Waals surface area contributed by atoms with Gasteiger partial charge in [-0.3, -0.25) is 9.88 Å². The standard InChI is InChI=1S/C18H19FN4/c1-14(15-4-3-7-21-13-15)22-8-10-23(11-9-22)18-6-2-5-17(19)16(18)12-20/h2-7,13-14H,8-11H2,1H3. The van der Waals surface area contributed by atoms with E-state index in [1.54, 1.807) is 12.3 Å². The summed E-state index contributed by atoms with van der Waals surface area (Å²) in [5.41, 5.74) is 2.03. The second-order valence-corrected chi connectivity index (χ2v) is 5.73. The molecule has 0 bridgehead atoms. The van der Waals surface area contributed by atoms with Crippen LogP contribution in [0, 0.1) is 17.1 Å². The van der Waals surface area contributed by atoms with Gasteiger partial charge in [0.1, 0.15) is 17.4 Å². The third-order valence-corrected chi connectivity index (χ3v) is 4.47. The Labute approximate surface area is 135 Å². The Balaban J connectivity index is 1.70. The molecule has 0 radical (unpaired) electrons. The number of benzene rings is 1. The van der Waals surface area contributed by atoms with Crippen molar-refractivity contribution in [3.05, 3.63) is 59.7 Å².